The van der Waals surface area contributed by atoms with Crippen LogP contribution in [0.2, 0.25) is 0 Å². The van der Waals surface area contributed by atoms with Gasteiger partial charge in [-0.2, -0.15) is 0 Å². The molecule has 1 N–H and O–H groups in total. The number of carboxylic acids is 1. The molecule has 2 aromatic rings. The highest BCUT2D eigenvalue weighted by molar-refractivity contribution is 5.70. The van der Waals surface area contributed by atoms with Crippen LogP contribution < -0.4 is 14.2 Å². The van der Waals surface area contributed by atoms with Crippen LogP contribution in [0.5, 0.6) is 17.2 Å². The van der Waals surface area contributed by atoms with Gasteiger partial charge in [-0.1, -0.05) is 19.1 Å². The lowest BCUT2D eigenvalue weighted by Crippen LogP contribution is -2.33. The van der Waals surface area contributed by atoms with Gasteiger partial charge in [0.2, 0.25) is 6.79 Å². The number of likely N-dealkylation sites (tertiary alicyclic amines) is 1. The van der Waals surface area contributed by atoms with Gasteiger partial charge in [0.05, 0.1) is 0 Å². The second kappa shape index (κ2) is 8.10. The van der Waals surface area contributed by atoms with E-state index in [4.69, 9.17) is 19.3 Å². The third-order valence-electron chi connectivity index (χ3n) is 5.25. The smallest absolute Gasteiger partial charge is 0.341 e. The van der Waals surface area contributed by atoms with E-state index >= 15 is 0 Å². The quantitative estimate of drug-likeness (QED) is 0.819. The molecule has 2 heterocycles. The molecule has 0 spiro atoms. The summed E-state index contributed by atoms with van der Waals surface area (Å²) in [7, 11) is 0. The number of ether oxygens (including phenoxy) is 3. The summed E-state index contributed by atoms with van der Waals surface area (Å²) in [6.45, 7) is 5.03. The fourth-order valence-electron chi connectivity index (χ4n) is 3.91. The Hall–Kier alpha value is -2.73. The molecule has 148 valence electrons. The summed E-state index contributed by atoms with van der Waals surface area (Å²) in [5.41, 5.74) is 3.08. The highest BCUT2D eigenvalue weighted by atomic mass is 16.7. The van der Waals surface area contributed by atoms with Gasteiger partial charge in [-0.25, -0.2) is 4.79 Å². The molecule has 0 amide bonds. The third-order valence-corrected chi connectivity index (χ3v) is 5.25. The van der Waals surface area contributed by atoms with E-state index in [0.717, 1.165) is 47.8 Å². The first-order valence-electron chi connectivity index (χ1n) is 9.68. The van der Waals surface area contributed by atoms with E-state index in [1.54, 1.807) is 0 Å². The van der Waals surface area contributed by atoms with Gasteiger partial charge in [0.1, 0.15) is 5.75 Å². The Labute approximate surface area is 164 Å². The zero-order valence-corrected chi connectivity index (χ0v) is 16.0. The third kappa shape index (κ3) is 4.22. The fraction of sp³-hybridized carbons (Fsp3) is 0.409. The Bertz CT molecular complexity index is 866. The van der Waals surface area contributed by atoms with E-state index in [0.29, 0.717) is 11.7 Å². The average molecular weight is 383 g/mol. The van der Waals surface area contributed by atoms with Crippen molar-refractivity contribution in [2.75, 3.05) is 26.5 Å². The minimum absolute atomic E-state index is 0.249. The molecule has 0 bridgehead atoms. The average Bonchev–Trinajstić information content (AvgIpc) is 3.14. The number of rotatable bonds is 6. The van der Waals surface area contributed by atoms with Gasteiger partial charge < -0.3 is 19.3 Å². The van der Waals surface area contributed by atoms with Crippen LogP contribution in [0.4, 0.5) is 0 Å². The number of carbonyl (C=O) groups is 1. The zero-order chi connectivity index (χ0) is 19.5. The molecule has 1 saturated heterocycles. The minimum Gasteiger partial charge on any atom is -0.482 e. The SMILES string of the molecule is C[C@H]1CCCN(Cc2cc(-c3ccc4c(c3)OCO4)ccc2OCC(=O)O)C1. The highest BCUT2D eigenvalue weighted by Crippen LogP contribution is 2.37. The number of nitrogens with zero attached hydrogens (tertiary/aromatic N) is 1. The predicted molar refractivity (Wildman–Crippen MR) is 105 cm³/mol. The maximum atomic E-state index is 11.0. The van der Waals surface area contributed by atoms with E-state index < -0.39 is 5.97 Å². The predicted octanol–water partition coefficient (Wildman–Crippen LogP) is 3.78. The normalized spacial score (nSPS) is 18.8. The van der Waals surface area contributed by atoms with Gasteiger partial charge in [-0.3, -0.25) is 4.90 Å². The molecule has 0 unspecified atom stereocenters. The molecule has 0 saturated carbocycles. The summed E-state index contributed by atoms with van der Waals surface area (Å²) in [6.07, 6.45) is 2.45. The van der Waals surface area contributed by atoms with E-state index in [1.807, 2.05) is 30.3 Å². The van der Waals surface area contributed by atoms with Crippen molar-refractivity contribution in [3.05, 3.63) is 42.0 Å². The van der Waals surface area contributed by atoms with Crippen LogP contribution in [0, 0.1) is 5.92 Å². The summed E-state index contributed by atoms with van der Waals surface area (Å²) >= 11 is 0. The Morgan fingerprint density at radius 3 is 2.79 bits per heavy atom. The van der Waals surface area contributed by atoms with Gasteiger partial charge in [-0.15, -0.1) is 0 Å². The van der Waals surface area contributed by atoms with Gasteiger partial charge in [0.25, 0.3) is 0 Å². The maximum absolute atomic E-state index is 11.0. The maximum Gasteiger partial charge on any atom is 0.341 e. The Kier molecular flexibility index (Phi) is 5.39. The first kappa shape index (κ1) is 18.6. The van der Waals surface area contributed by atoms with E-state index in [2.05, 4.69) is 17.9 Å². The van der Waals surface area contributed by atoms with Crippen LogP contribution in [0.1, 0.15) is 25.3 Å². The second-order valence-electron chi connectivity index (χ2n) is 7.56. The molecule has 0 aromatic heterocycles. The molecule has 2 aliphatic heterocycles. The number of piperidine rings is 1. The summed E-state index contributed by atoms with van der Waals surface area (Å²) < 4.78 is 16.4. The van der Waals surface area contributed by atoms with Crippen molar-refractivity contribution >= 4 is 5.97 Å². The summed E-state index contributed by atoms with van der Waals surface area (Å²) in [5, 5.41) is 8.98. The standard InChI is InChI=1S/C22H25NO5/c1-15-3-2-8-23(11-15)12-18-9-16(4-6-19(18)26-13-22(24)25)17-5-7-20-21(10-17)28-14-27-20/h4-7,9-10,15H,2-3,8,11-14H2,1H3,(H,24,25)/t15-/m0/s1. The van der Waals surface area contributed by atoms with Gasteiger partial charge >= 0.3 is 5.97 Å². The van der Waals surface area contributed by atoms with Crippen molar-refractivity contribution in [3.63, 3.8) is 0 Å². The zero-order valence-electron chi connectivity index (χ0n) is 16.0. The minimum atomic E-state index is -0.975. The van der Waals surface area contributed by atoms with Gasteiger partial charge in [0.15, 0.2) is 18.1 Å². The number of hydrogen-bond donors (Lipinski definition) is 1. The van der Waals surface area contributed by atoms with Crippen molar-refractivity contribution in [1.29, 1.82) is 0 Å². The highest BCUT2D eigenvalue weighted by Gasteiger charge is 2.19. The Morgan fingerprint density at radius 1 is 1.18 bits per heavy atom. The summed E-state index contributed by atoms with van der Waals surface area (Å²) in [6, 6.07) is 11.8. The van der Waals surface area contributed by atoms with Crippen LogP contribution in [-0.2, 0) is 11.3 Å². The van der Waals surface area contributed by atoms with Crippen LogP contribution >= 0.6 is 0 Å². The summed E-state index contributed by atoms with van der Waals surface area (Å²) in [5.74, 6) is 1.83. The molecule has 0 radical (unpaired) electrons. The van der Waals surface area contributed by atoms with Crippen LogP contribution in [0.25, 0.3) is 11.1 Å². The number of benzene rings is 2. The van der Waals surface area contributed by atoms with Crippen molar-refractivity contribution in [1.82, 2.24) is 4.90 Å². The van der Waals surface area contributed by atoms with E-state index in [1.165, 1.54) is 12.8 Å². The number of aliphatic carboxylic acids is 1. The Morgan fingerprint density at radius 2 is 1.96 bits per heavy atom. The van der Waals surface area contributed by atoms with Crippen molar-refractivity contribution in [3.8, 4) is 28.4 Å². The fourth-order valence-corrected chi connectivity index (χ4v) is 3.91. The molecular weight excluding hydrogens is 358 g/mol. The largest absolute Gasteiger partial charge is 0.482 e. The van der Waals surface area contributed by atoms with Crippen molar-refractivity contribution < 1.29 is 24.1 Å². The lowest BCUT2D eigenvalue weighted by atomic mass is 9.98. The summed E-state index contributed by atoms with van der Waals surface area (Å²) in [4.78, 5) is 13.4. The number of fused-ring (bicyclic) bond motifs is 1. The van der Waals surface area contributed by atoms with Crippen LogP contribution in [0.15, 0.2) is 36.4 Å². The van der Waals surface area contributed by atoms with Crippen molar-refractivity contribution in [2.24, 2.45) is 5.92 Å². The van der Waals surface area contributed by atoms with Crippen LogP contribution in [-0.4, -0.2) is 42.5 Å². The topological polar surface area (TPSA) is 68.2 Å². The molecule has 4 rings (SSSR count). The molecule has 6 nitrogen and oxygen atoms in total. The second-order valence-corrected chi connectivity index (χ2v) is 7.56. The molecule has 6 heteroatoms. The molecule has 1 atom stereocenters. The first-order valence-corrected chi connectivity index (χ1v) is 9.68. The first-order chi connectivity index (χ1) is 13.6. The molecule has 0 aliphatic carbocycles. The lowest BCUT2D eigenvalue weighted by molar-refractivity contribution is -0.139. The monoisotopic (exact) mass is 383 g/mol. The molecule has 1 fully saturated rings. The van der Waals surface area contributed by atoms with E-state index in [9.17, 15) is 4.79 Å². The number of hydrogen-bond acceptors (Lipinski definition) is 5. The lowest BCUT2D eigenvalue weighted by Gasteiger charge is -2.31. The molecule has 2 aromatic carbocycles. The Balaban J connectivity index is 1.62. The molecular formula is C22H25NO5. The van der Waals surface area contributed by atoms with E-state index in [-0.39, 0.29) is 13.4 Å². The van der Waals surface area contributed by atoms with Gasteiger partial charge in [-0.05, 0) is 60.7 Å². The van der Waals surface area contributed by atoms with Crippen molar-refractivity contribution in [2.45, 2.75) is 26.3 Å². The molecule has 28 heavy (non-hydrogen) atoms. The van der Waals surface area contributed by atoms with Gasteiger partial charge in [0, 0.05) is 18.7 Å². The van der Waals surface area contributed by atoms with Crippen LogP contribution in [0.3, 0.4) is 0 Å². The molecule has 2 aliphatic rings. The number of carboxylic acid groups (broad SMARTS) is 1.